The summed E-state index contributed by atoms with van der Waals surface area (Å²) in [5.41, 5.74) is 3.38. The molecule has 0 saturated heterocycles. The average molecular weight is 457 g/mol. The minimum Gasteiger partial charge on any atom is -0.489 e. The molecule has 0 atom stereocenters. The van der Waals surface area contributed by atoms with Crippen LogP contribution in [0.25, 0.3) is 11.0 Å². The van der Waals surface area contributed by atoms with Crippen LogP contribution in [-0.4, -0.2) is 19.1 Å². The van der Waals surface area contributed by atoms with E-state index in [9.17, 15) is 9.59 Å². The summed E-state index contributed by atoms with van der Waals surface area (Å²) in [6.07, 6.45) is 0. The molecule has 1 aliphatic heterocycles. The molecule has 0 saturated carbocycles. The van der Waals surface area contributed by atoms with Crippen molar-refractivity contribution in [3.63, 3.8) is 0 Å². The van der Waals surface area contributed by atoms with Gasteiger partial charge in [-0.1, -0.05) is 18.2 Å². The number of aryl methyl sites for hydroxylation is 1. The maximum atomic E-state index is 12.5. The topological polar surface area (TPSA) is 87.0 Å². The standard InChI is InChI=1S/C27H23NO6/c1-17-12-26(29)34-24-14-21(7-8-22(17)24)33-16-18-2-5-20(6-3-18)27(30)28-15-19-4-9-23-25(13-19)32-11-10-31-23/h2-9,12-14H,10-11,15-16H2,1H3,(H,28,30). The SMILES string of the molecule is Cc1cc(=O)oc2cc(OCc3ccc(C(=O)NCc4ccc5c(c4)OCCO5)cc3)ccc12. The molecular formula is C27H23NO6. The number of hydrogen-bond acceptors (Lipinski definition) is 6. The van der Waals surface area contributed by atoms with Crippen molar-refractivity contribution in [2.24, 2.45) is 0 Å². The molecule has 5 rings (SSSR count). The number of amides is 1. The summed E-state index contributed by atoms with van der Waals surface area (Å²) in [7, 11) is 0. The van der Waals surface area contributed by atoms with E-state index >= 15 is 0 Å². The molecule has 7 heteroatoms. The van der Waals surface area contributed by atoms with Crippen LogP contribution in [0.2, 0.25) is 0 Å². The smallest absolute Gasteiger partial charge is 0.336 e. The maximum absolute atomic E-state index is 12.5. The molecule has 1 aromatic heterocycles. The molecule has 7 nitrogen and oxygen atoms in total. The quantitative estimate of drug-likeness (QED) is 0.433. The zero-order valence-corrected chi connectivity index (χ0v) is 18.6. The van der Waals surface area contributed by atoms with E-state index in [1.54, 1.807) is 18.2 Å². The van der Waals surface area contributed by atoms with Crippen molar-refractivity contribution >= 4 is 16.9 Å². The van der Waals surface area contributed by atoms with Crippen molar-refractivity contribution < 1.29 is 23.4 Å². The molecule has 0 bridgehead atoms. The van der Waals surface area contributed by atoms with Gasteiger partial charge in [-0.3, -0.25) is 4.79 Å². The van der Waals surface area contributed by atoms with Gasteiger partial charge in [0.2, 0.25) is 0 Å². The Hall–Kier alpha value is -4.26. The Labute approximate surface area is 195 Å². The third-order valence-corrected chi connectivity index (χ3v) is 5.60. The lowest BCUT2D eigenvalue weighted by atomic mass is 10.1. The van der Waals surface area contributed by atoms with E-state index in [4.69, 9.17) is 18.6 Å². The summed E-state index contributed by atoms with van der Waals surface area (Å²) >= 11 is 0. The first-order chi connectivity index (χ1) is 16.5. The third-order valence-electron chi connectivity index (χ3n) is 5.60. The van der Waals surface area contributed by atoms with Gasteiger partial charge in [-0.05, 0) is 60.0 Å². The van der Waals surface area contributed by atoms with Crippen LogP contribution in [0.15, 0.2) is 75.9 Å². The summed E-state index contributed by atoms with van der Waals surface area (Å²) in [5, 5.41) is 3.80. The number of carbonyl (C=O) groups excluding carboxylic acids is 1. The highest BCUT2D eigenvalue weighted by atomic mass is 16.6. The normalized spacial score (nSPS) is 12.4. The van der Waals surface area contributed by atoms with Crippen molar-refractivity contribution in [2.45, 2.75) is 20.1 Å². The lowest BCUT2D eigenvalue weighted by Crippen LogP contribution is -2.23. The molecule has 1 amide bonds. The monoisotopic (exact) mass is 457 g/mol. The number of carbonyl (C=O) groups is 1. The maximum Gasteiger partial charge on any atom is 0.336 e. The van der Waals surface area contributed by atoms with Crippen LogP contribution in [0.5, 0.6) is 17.2 Å². The second kappa shape index (κ2) is 9.31. The fourth-order valence-electron chi connectivity index (χ4n) is 3.80. The van der Waals surface area contributed by atoms with Gasteiger partial charge in [0, 0.05) is 29.6 Å². The Morgan fingerprint density at radius 1 is 0.912 bits per heavy atom. The van der Waals surface area contributed by atoms with Crippen molar-refractivity contribution in [3.8, 4) is 17.2 Å². The van der Waals surface area contributed by atoms with Gasteiger partial charge in [0.05, 0.1) is 0 Å². The molecule has 2 heterocycles. The first-order valence-electron chi connectivity index (χ1n) is 11.0. The van der Waals surface area contributed by atoms with Crippen LogP contribution in [0.1, 0.15) is 27.0 Å². The Kier molecular flexibility index (Phi) is 5.91. The zero-order chi connectivity index (χ0) is 23.5. The van der Waals surface area contributed by atoms with E-state index in [1.165, 1.54) is 6.07 Å². The second-order valence-electron chi connectivity index (χ2n) is 8.05. The molecule has 1 N–H and O–H groups in total. The highest BCUT2D eigenvalue weighted by Crippen LogP contribution is 2.30. The molecule has 0 radical (unpaired) electrons. The average Bonchev–Trinajstić information content (AvgIpc) is 2.86. The van der Waals surface area contributed by atoms with E-state index in [1.807, 2.05) is 49.4 Å². The highest BCUT2D eigenvalue weighted by molar-refractivity contribution is 5.94. The van der Waals surface area contributed by atoms with Crippen molar-refractivity contribution in [1.82, 2.24) is 5.32 Å². The predicted molar refractivity (Wildman–Crippen MR) is 127 cm³/mol. The Morgan fingerprint density at radius 3 is 2.50 bits per heavy atom. The van der Waals surface area contributed by atoms with Crippen molar-refractivity contribution in [3.05, 3.63) is 99.4 Å². The minimum absolute atomic E-state index is 0.165. The number of hydrogen-bond donors (Lipinski definition) is 1. The van der Waals surface area contributed by atoms with Crippen LogP contribution in [0.3, 0.4) is 0 Å². The molecule has 0 spiro atoms. The molecule has 172 valence electrons. The van der Waals surface area contributed by atoms with Gasteiger partial charge in [0.25, 0.3) is 5.91 Å². The van der Waals surface area contributed by atoms with Gasteiger partial charge >= 0.3 is 5.63 Å². The van der Waals surface area contributed by atoms with Gasteiger partial charge < -0.3 is 23.9 Å². The third kappa shape index (κ3) is 4.73. The van der Waals surface area contributed by atoms with E-state index in [0.717, 1.165) is 27.8 Å². The van der Waals surface area contributed by atoms with E-state index in [2.05, 4.69) is 5.32 Å². The first-order valence-corrected chi connectivity index (χ1v) is 11.0. The van der Waals surface area contributed by atoms with E-state index in [0.29, 0.717) is 49.0 Å². The summed E-state index contributed by atoms with van der Waals surface area (Å²) < 4.78 is 22.2. The fourth-order valence-corrected chi connectivity index (χ4v) is 3.80. The van der Waals surface area contributed by atoms with Gasteiger partial charge in [0.15, 0.2) is 11.5 Å². The Morgan fingerprint density at radius 2 is 1.68 bits per heavy atom. The number of benzene rings is 3. The Bertz CT molecular complexity index is 1410. The lowest BCUT2D eigenvalue weighted by Gasteiger charge is -2.19. The summed E-state index contributed by atoms with van der Waals surface area (Å²) in [5.74, 6) is 1.86. The highest BCUT2D eigenvalue weighted by Gasteiger charge is 2.12. The molecule has 0 aliphatic carbocycles. The van der Waals surface area contributed by atoms with Crippen LogP contribution in [0.4, 0.5) is 0 Å². The van der Waals surface area contributed by atoms with Crippen molar-refractivity contribution in [2.75, 3.05) is 13.2 Å². The van der Waals surface area contributed by atoms with E-state index < -0.39 is 0 Å². The second-order valence-corrected chi connectivity index (χ2v) is 8.05. The number of rotatable bonds is 6. The molecule has 4 aromatic rings. The summed E-state index contributed by atoms with van der Waals surface area (Å²) in [4.78, 5) is 24.2. The van der Waals surface area contributed by atoms with Gasteiger partial charge in [0.1, 0.15) is 31.2 Å². The van der Waals surface area contributed by atoms with Crippen molar-refractivity contribution in [1.29, 1.82) is 0 Å². The van der Waals surface area contributed by atoms with Crippen LogP contribution < -0.4 is 25.2 Å². The molecular weight excluding hydrogens is 434 g/mol. The van der Waals surface area contributed by atoms with Crippen LogP contribution in [0, 0.1) is 6.92 Å². The Balaban J connectivity index is 1.18. The van der Waals surface area contributed by atoms with E-state index in [-0.39, 0.29) is 11.5 Å². The van der Waals surface area contributed by atoms with Crippen LogP contribution in [-0.2, 0) is 13.2 Å². The van der Waals surface area contributed by atoms with Gasteiger partial charge in [-0.25, -0.2) is 4.79 Å². The predicted octanol–water partition coefficient (Wildman–Crippen LogP) is 4.38. The zero-order valence-electron chi connectivity index (χ0n) is 18.6. The number of ether oxygens (including phenoxy) is 3. The molecule has 3 aromatic carbocycles. The molecule has 0 fully saturated rings. The summed E-state index contributed by atoms with van der Waals surface area (Å²) in [6.45, 7) is 3.65. The molecule has 1 aliphatic rings. The summed E-state index contributed by atoms with van der Waals surface area (Å²) in [6, 6.07) is 19.8. The lowest BCUT2D eigenvalue weighted by molar-refractivity contribution is 0.0950. The van der Waals surface area contributed by atoms with Gasteiger partial charge in [-0.15, -0.1) is 0 Å². The number of fused-ring (bicyclic) bond motifs is 2. The first kappa shape index (κ1) is 21.6. The molecule has 0 unspecified atom stereocenters. The molecule has 34 heavy (non-hydrogen) atoms. The number of nitrogens with one attached hydrogen (secondary N) is 1. The van der Waals surface area contributed by atoms with Gasteiger partial charge in [-0.2, -0.15) is 0 Å². The fraction of sp³-hybridized carbons (Fsp3) is 0.185. The largest absolute Gasteiger partial charge is 0.489 e. The minimum atomic E-state index is -0.384. The van der Waals surface area contributed by atoms with Crippen LogP contribution >= 0.6 is 0 Å².